The van der Waals surface area contributed by atoms with Crippen molar-refractivity contribution in [2.45, 2.75) is 6.92 Å². The molecule has 0 radical (unpaired) electrons. The molecule has 0 spiro atoms. The highest BCUT2D eigenvalue weighted by atomic mass is 15.1. The van der Waals surface area contributed by atoms with E-state index in [1.165, 1.54) is 0 Å². The summed E-state index contributed by atoms with van der Waals surface area (Å²) in [5.74, 6) is 0. The van der Waals surface area contributed by atoms with Gasteiger partial charge in [-0.25, -0.2) is 0 Å². The van der Waals surface area contributed by atoms with Crippen LogP contribution in [-0.2, 0) is 7.05 Å². The summed E-state index contributed by atoms with van der Waals surface area (Å²) in [6.45, 7) is 2.01. The van der Waals surface area contributed by atoms with Gasteiger partial charge in [0.2, 0.25) is 0 Å². The molecule has 0 unspecified atom stereocenters. The van der Waals surface area contributed by atoms with Gasteiger partial charge in [-0.15, -0.1) is 0 Å². The maximum atomic E-state index is 9.67. The summed E-state index contributed by atoms with van der Waals surface area (Å²) in [5, 5.41) is 11.8. The molecule has 106 valence electrons. The van der Waals surface area contributed by atoms with E-state index in [1.54, 1.807) is 0 Å². The first-order valence-electron chi connectivity index (χ1n) is 7.28. The molecule has 4 rings (SSSR count). The fourth-order valence-electron chi connectivity index (χ4n) is 3.37. The quantitative estimate of drug-likeness (QED) is 0.513. The van der Waals surface area contributed by atoms with Crippen molar-refractivity contribution >= 4 is 21.9 Å². The maximum absolute atomic E-state index is 9.67. The summed E-state index contributed by atoms with van der Waals surface area (Å²) in [5.41, 5.74) is 5.04. The second-order valence-corrected chi connectivity index (χ2v) is 5.52. The Hall–Kier alpha value is -2.99. The first-order chi connectivity index (χ1) is 10.7. The van der Waals surface area contributed by atoms with Gasteiger partial charge in [0.15, 0.2) is 0 Å². The number of nitriles is 1. The van der Waals surface area contributed by atoms with Gasteiger partial charge in [-0.3, -0.25) is 4.57 Å². The van der Waals surface area contributed by atoms with Crippen LogP contribution < -0.4 is 0 Å². The lowest BCUT2D eigenvalue weighted by Gasteiger charge is -2.09. The third-order valence-electron chi connectivity index (χ3n) is 4.36. The minimum Gasteiger partial charge on any atom is -0.329 e. The number of aryl methyl sites for hydroxylation is 1. The monoisotopic (exact) mass is 285 g/mol. The molecular formula is C19H15N3. The first-order valence-corrected chi connectivity index (χ1v) is 7.28. The van der Waals surface area contributed by atoms with Crippen LogP contribution in [0.15, 0.2) is 54.6 Å². The molecule has 0 bridgehead atoms. The molecular weight excluding hydrogens is 270 g/mol. The van der Waals surface area contributed by atoms with Gasteiger partial charge in [0.25, 0.3) is 0 Å². The molecule has 0 saturated heterocycles. The molecule has 2 heterocycles. The Balaban J connectivity index is 2.28. The number of hydrogen-bond donors (Lipinski definition) is 0. The molecule has 0 saturated carbocycles. The van der Waals surface area contributed by atoms with E-state index < -0.39 is 0 Å². The van der Waals surface area contributed by atoms with Crippen molar-refractivity contribution in [2.24, 2.45) is 7.05 Å². The van der Waals surface area contributed by atoms with E-state index in [1.807, 2.05) is 37.3 Å². The van der Waals surface area contributed by atoms with E-state index in [2.05, 4.69) is 46.5 Å². The minimum absolute atomic E-state index is 0.760. The van der Waals surface area contributed by atoms with Crippen LogP contribution in [0, 0.1) is 18.3 Å². The average Bonchev–Trinajstić information content (AvgIpc) is 3.01. The lowest BCUT2D eigenvalue weighted by atomic mass is 10.1. The summed E-state index contributed by atoms with van der Waals surface area (Å²) in [6, 6.07) is 20.9. The molecule has 22 heavy (non-hydrogen) atoms. The van der Waals surface area contributed by atoms with Crippen LogP contribution in [0.3, 0.4) is 0 Å². The smallest absolute Gasteiger partial charge is 0.127 e. The van der Waals surface area contributed by atoms with Crippen molar-refractivity contribution in [3.05, 3.63) is 65.9 Å². The van der Waals surface area contributed by atoms with Gasteiger partial charge in [-0.2, -0.15) is 5.26 Å². The highest BCUT2D eigenvalue weighted by molar-refractivity contribution is 6.11. The van der Waals surface area contributed by atoms with Gasteiger partial charge in [0.05, 0.1) is 11.1 Å². The second kappa shape index (κ2) is 4.51. The number of fused-ring (bicyclic) bond motifs is 3. The fraction of sp³-hybridized carbons (Fsp3) is 0.105. The summed E-state index contributed by atoms with van der Waals surface area (Å²) >= 11 is 0. The molecule has 0 aliphatic carbocycles. The predicted octanol–water partition coefficient (Wildman–Crippen LogP) is 4.30. The molecule has 4 aromatic rings. The van der Waals surface area contributed by atoms with Crippen molar-refractivity contribution in [2.75, 3.05) is 0 Å². The number of rotatable bonds is 1. The third kappa shape index (κ3) is 1.49. The van der Waals surface area contributed by atoms with Crippen LogP contribution in [-0.4, -0.2) is 9.13 Å². The van der Waals surface area contributed by atoms with Crippen LogP contribution in [0.1, 0.15) is 11.3 Å². The Kier molecular flexibility index (Phi) is 2.61. The average molecular weight is 285 g/mol. The predicted molar refractivity (Wildman–Crippen MR) is 89.2 cm³/mol. The Morgan fingerprint density at radius 3 is 2.36 bits per heavy atom. The molecule has 0 N–H and O–H groups in total. The zero-order chi connectivity index (χ0) is 15.3. The molecule has 3 heteroatoms. The lowest BCUT2D eigenvalue weighted by Crippen LogP contribution is -2.01. The minimum atomic E-state index is 0.760. The third-order valence-corrected chi connectivity index (χ3v) is 4.36. The van der Waals surface area contributed by atoms with Gasteiger partial charge in [0.1, 0.15) is 11.7 Å². The number of aromatic nitrogens is 2. The van der Waals surface area contributed by atoms with Crippen LogP contribution >= 0.6 is 0 Å². The standard InChI is InChI=1S/C19H15N3/c1-13-16(12-20)18-15-10-6-7-11-17(15)21(2)19(18)22(13)14-8-4-3-5-9-14/h3-11H,1-2H3. The summed E-state index contributed by atoms with van der Waals surface area (Å²) in [7, 11) is 2.06. The zero-order valence-electron chi connectivity index (χ0n) is 12.5. The van der Waals surface area contributed by atoms with Crippen LogP contribution in [0.5, 0.6) is 0 Å². The van der Waals surface area contributed by atoms with E-state index in [0.29, 0.717) is 0 Å². The van der Waals surface area contributed by atoms with E-state index in [0.717, 1.165) is 38.9 Å². The summed E-state index contributed by atoms with van der Waals surface area (Å²) in [4.78, 5) is 0. The van der Waals surface area contributed by atoms with Crippen LogP contribution in [0.2, 0.25) is 0 Å². The van der Waals surface area contributed by atoms with Crippen molar-refractivity contribution in [1.29, 1.82) is 5.26 Å². The van der Waals surface area contributed by atoms with Crippen LogP contribution in [0.4, 0.5) is 0 Å². The Labute approximate surface area is 128 Å². The molecule has 3 nitrogen and oxygen atoms in total. The first kappa shape index (κ1) is 12.7. The van der Waals surface area contributed by atoms with Gasteiger partial charge in [-0.1, -0.05) is 36.4 Å². The van der Waals surface area contributed by atoms with Crippen molar-refractivity contribution in [1.82, 2.24) is 9.13 Å². The van der Waals surface area contributed by atoms with Crippen molar-refractivity contribution in [3.8, 4) is 11.8 Å². The fourth-order valence-corrected chi connectivity index (χ4v) is 3.37. The Morgan fingerprint density at radius 2 is 1.64 bits per heavy atom. The van der Waals surface area contributed by atoms with Gasteiger partial charge >= 0.3 is 0 Å². The van der Waals surface area contributed by atoms with Crippen LogP contribution in [0.25, 0.3) is 27.6 Å². The SMILES string of the molecule is Cc1c(C#N)c2c3ccccc3n(C)c2n1-c1ccccc1. The van der Waals surface area contributed by atoms with E-state index in [4.69, 9.17) is 0 Å². The van der Waals surface area contributed by atoms with Gasteiger partial charge in [-0.05, 0) is 25.1 Å². The van der Waals surface area contributed by atoms with E-state index in [9.17, 15) is 5.26 Å². The topological polar surface area (TPSA) is 33.6 Å². The Bertz CT molecular complexity index is 1040. The van der Waals surface area contributed by atoms with Gasteiger partial charge < -0.3 is 4.57 Å². The summed E-state index contributed by atoms with van der Waals surface area (Å²) in [6.07, 6.45) is 0. The number of benzene rings is 2. The van der Waals surface area contributed by atoms with E-state index >= 15 is 0 Å². The molecule has 0 aliphatic rings. The largest absolute Gasteiger partial charge is 0.329 e. The zero-order valence-corrected chi connectivity index (χ0v) is 12.5. The molecule has 0 amide bonds. The second-order valence-electron chi connectivity index (χ2n) is 5.52. The lowest BCUT2D eigenvalue weighted by molar-refractivity contribution is 0.930. The van der Waals surface area contributed by atoms with Gasteiger partial charge in [0, 0.05) is 29.2 Å². The maximum Gasteiger partial charge on any atom is 0.127 e. The summed E-state index contributed by atoms with van der Waals surface area (Å²) < 4.78 is 4.35. The normalized spacial score (nSPS) is 11.1. The number of hydrogen-bond acceptors (Lipinski definition) is 1. The molecule has 0 atom stereocenters. The van der Waals surface area contributed by atoms with Crippen molar-refractivity contribution < 1.29 is 0 Å². The van der Waals surface area contributed by atoms with E-state index in [-0.39, 0.29) is 0 Å². The molecule has 0 fully saturated rings. The number of para-hydroxylation sites is 2. The molecule has 0 aliphatic heterocycles. The Morgan fingerprint density at radius 1 is 0.955 bits per heavy atom. The number of nitrogens with zero attached hydrogens (tertiary/aromatic N) is 3. The molecule has 2 aromatic carbocycles. The molecule has 2 aromatic heterocycles. The highest BCUT2D eigenvalue weighted by Gasteiger charge is 2.21. The van der Waals surface area contributed by atoms with Crippen molar-refractivity contribution in [3.63, 3.8) is 0 Å². The highest BCUT2D eigenvalue weighted by Crippen LogP contribution is 2.36.